The van der Waals surface area contributed by atoms with E-state index in [4.69, 9.17) is 4.42 Å². The zero-order chi connectivity index (χ0) is 17.3. The minimum atomic E-state index is 0.423. The van der Waals surface area contributed by atoms with Crippen molar-refractivity contribution in [1.82, 2.24) is 25.1 Å². The first-order valence-electron chi connectivity index (χ1n) is 9.50. The second-order valence-corrected chi connectivity index (χ2v) is 7.43. The predicted octanol–water partition coefficient (Wildman–Crippen LogP) is 3.72. The molecule has 1 aliphatic heterocycles. The van der Waals surface area contributed by atoms with E-state index in [0.717, 1.165) is 55.8 Å². The molecule has 1 aliphatic carbocycles. The highest BCUT2D eigenvalue weighted by atomic mass is 16.4. The number of benzene rings is 1. The van der Waals surface area contributed by atoms with Crippen LogP contribution >= 0.6 is 0 Å². The second-order valence-electron chi connectivity index (χ2n) is 7.43. The van der Waals surface area contributed by atoms with Gasteiger partial charge in [-0.3, -0.25) is 4.90 Å². The quantitative estimate of drug-likeness (QED) is 0.760. The molecule has 0 radical (unpaired) electrons. The molecule has 0 bridgehead atoms. The van der Waals surface area contributed by atoms with Crippen molar-refractivity contribution in [2.75, 3.05) is 13.1 Å². The van der Waals surface area contributed by atoms with Crippen molar-refractivity contribution in [3.63, 3.8) is 0 Å². The Morgan fingerprint density at radius 2 is 1.96 bits per heavy atom. The van der Waals surface area contributed by atoms with Crippen LogP contribution in [-0.4, -0.2) is 38.2 Å². The first-order valence-corrected chi connectivity index (χ1v) is 9.50. The monoisotopic (exact) mass is 349 g/mol. The SMILES string of the molecule is c1ccc(-c2cnc([C@@H]3CCCN(Cc4nnc(C5CC5)o4)C3)[nH]2)cc1. The van der Waals surface area contributed by atoms with Gasteiger partial charge in [0.2, 0.25) is 11.8 Å². The molecule has 6 nitrogen and oxygen atoms in total. The Hall–Kier alpha value is -2.47. The van der Waals surface area contributed by atoms with Crippen LogP contribution in [0.15, 0.2) is 40.9 Å². The number of hydrogen-bond donors (Lipinski definition) is 1. The van der Waals surface area contributed by atoms with E-state index in [0.29, 0.717) is 11.8 Å². The maximum absolute atomic E-state index is 5.83. The van der Waals surface area contributed by atoms with Gasteiger partial charge in [-0.2, -0.15) is 0 Å². The Labute approximate surface area is 152 Å². The molecular weight excluding hydrogens is 326 g/mol. The molecule has 1 N–H and O–H groups in total. The van der Waals surface area contributed by atoms with Crippen molar-refractivity contribution in [1.29, 1.82) is 0 Å². The average Bonchev–Trinajstić information content (AvgIpc) is 3.23. The summed E-state index contributed by atoms with van der Waals surface area (Å²) in [6.07, 6.45) is 6.65. The van der Waals surface area contributed by atoms with E-state index in [1.807, 2.05) is 12.3 Å². The van der Waals surface area contributed by atoms with Gasteiger partial charge in [0, 0.05) is 18.4 Å². The number of H-pyrrole nitrogens is 1. The van der Waals surface area contributed by atoms with Gasteiger partial charge < -0.3 is 9.40 Å². The summed E-state index contributed by atoms with van der Waals surface area (Å²) in [4.78, 5) is 10.6. The van der Waals surface area contributed by atoms with Gasteiger partial charge in [-0.1, -0.05) is 30.3 Å². The Balaban J connectivity index is 1.26. The van der Waals surface area contributed by atoms with E-state index in [9.17, 15) is 0 Å². The lowest BCUT2D eigenvalue weighted by Crippen LogP contribution is -2.34. The molecule has 2 fully saturated rings. The fraction of sp³-hybridized carbons (Fsp3) is 0.450. The molecule has 1 atom stereocenters. The fourth-order valence-corrected chi connectivity index (χ4v) is 3.75. The molecule has 134 valence electrons. The van der Waals surface area contributed by atoms with Crippen molar-refractivity contribution < 1.29 is 4.42 Å². The average molecular weight is 349 g/mol. The topological polar surface area (TPSA) is 70.8 Å². The summed E-state index contributed by atoms with van der Waals surface area (Å²) in [5.74, 6) is 3.60. The smallest absolute Gasteiger partial charge is 0.230 e. The van der Waals surface area contributed by atoms with Crippen LogP contribution in [0.4, 0.5) is 0 Å². The highest BCUT2D eigenvalue weighted by Gasteiger charge is 2.30. The summed E-state index contributed by atoms with van der Waals surface area (Å²) < 4.78 is 5.83. The van der Waals surface area contributed by atoms with Crippen molar-refractivity contribution in [2.45, 2.75) is 44.1 Å². The molecule has 1 aromatic carbocycles. The van der Waals surface area contributed by atoms with Gasteiger partial charge in [-0.25, -0.2) is 4.98 Å². The largest absolute Gasteiger partial charge is 0.424 e. The summed E-state index contributed by atoms with van der Waals surface area (Å²) in [6.45, 7) is 2.79. The Morgan fingerprint density at radius 3 is 2.81 bits per heavy atom. The van der Waals surface area contributed by atoms with Gasteiger partial charge in [-0.05, 0) is 37.8 Å². The van der Waals surface area contributed by atoms with E-state index < -0.39 is 0 Å². The lowest BCUT2D eigenvalue weighted by atomic mass is 9.97. The van der Waals surface area contributed by atoms with Gasteiger partial charge in [0.25, 0.3) is 0 Å². The molecule has 3 heterocycles. The molecule has 3 aromatic rings. The Morgan fingerprint density at radius 1 is 1.08 bits per heavy atom. The molecular formula is C20H23N5O. The summed E-state index contributed by atoms with van der Waals surface area (Å²) in [5.41, 5.74) is 2.26. The molecule has 26 heavy (non-hydrogen) atoms. The highest BCUT2D eigenvalue weighted by molar-refractivity contribution is 5.58. The zero-order valence-corrected chi connectivity index (χ0v) is 14.8. The third-order valence-electron chi connectivity index (χ3n) is 5.34. The maximum atomic E-state index is 5.83. The molecule has 0 spiro atoms. The summed E-state index contributed by atoms with van der Waals surface area (Å²) in [6, 6.07) is 10.4. The standard InChI is InChI=1S/C20H23N5O/c1-2-5-14(6-3-1)17-11-21-19(22-17)16-7-4-10-25(12-16)13-18-23-24-20(26-18)15-8-9-15/h1-3,5-6,11,15-16H,4,7-10,12-13H2,(H,21,22)/t16-/m1/s1. The number of hydrogen-bond acceptors (Lipinski definition) is 5. The molecule has 5 rings (SSSR count). The first kappa shape index (κ1) is 15.8. The Kier molecular flexibility index (Phi) is 4.05. The number of aromatic amines is 1. The van der Waals surface area contributed by atoms with Gasteiger partial charge in [0.05, 0.1) is 18.4 Å². The minimum absolute atomic E-state index is 0.423. The molecule has 2 aliphatic rings. The van der Waals surface area contributed by atoms with E-state index in [1.54, 1.807) is 0 Å². The van der Waals surface area contributed by atoms with Crippen LogP contribution in [0.2, 0.25) is 0 Å². The van der Waals surface area contributed by atoms with Crippen LogP contribution in [0.3, 0.4) is 0 Å². The number of imidazole rings is 1. The number of aromatic nitrogens is 4. The lowest BCUT2D eigenvalue weighted by molar-refractivity contribution is 0.179. The molecule has 1 saturated carbocycles. The van der Waals surface area contributed by atoms with E-state index >= 15 is 0 Å². The van der Waals surface area contributed by atoms with Crippen LogP contribution in [0.5, 0.6) is 0 Å². The number of rotatable bonds is 5. The van der Waals surface area contributed by atoms with E-state index in [-0.39, 0.29) is 0 Å². The van der Waals surface area contributed by atoms with Crippen molar-refractivity contribution >= 4 is 0 Å². The van der Waals surface area contributed by atoms with Crippen molar-refractivity contribution in [3.8, 4) is 11.3 Å². The number of likely N-dealkylation sites (tertiary alicyclic amines) is 1. The lowest BCUT2D eigenvalue weighted by Gasteiger charge is -2.30. The highest BCUT2D eigenvalue weighted by Crippen LogP contribution is 2.39. The molecule has 1 saturated heterocycles. The predicted molar refractivity (Wildman–Crippen MR) is 97.5 cm³/mol. The van der Waals surface area contributed by atoms with Crippen LogP contribution in [0.1, 0.15) is 55.1 Å². The maximum Gasteiger partial charge on any atom is 0.230 e. The van der Waals surface area contributed by atoms with Gasteiger partial charge in [-0.15, -0.1) is 10.2 Å². The number of nitrogens with zero attached hydrogens (tertiary/aromatic N) is 4. The number of piperidine rings is 1. The van der Waals surface area contributed by atoms with E-state index in [1.165, 1.54) is 18.4 Å². The third-order valence-corrected chi connectivity index (χ3v) is 5.34. The summed E-state index contributed by atoms with van der Waals surface area (Å²) >= 11 is 0. The van der Waals surface area contributed by atoms with Crippen LogP contribution in [-0.2, 0) is 6.54 Å². The molecule has 0 amide bonds. The van der Waals surface area contributed by atoms with Gasteiger partial charge in [0.1, 0.15) is 5.82 Å². The molecule has 0 unspecified atom stereocenters. The fourth-order valence-electron chi connectivity index (χ4n) is 3.75. The van der Waals surface area contributed by atoms with Crippen molar-refractivity contribution in [2.24, 2.45) is 0 Å². The first-order chi connectivity index (χ1) is 12.8. The van der Waals surface area contributed by atoms with Gasteiger partial charge >= 0.3 is 0 Å². The normalized spacial score (nSPS) is 21.2. The second kappa shape index (κ2) is 6.68. The van der Waals surface area contributed by atoms with Gasteiger partial charge in [0.15, 0.2) is 0 Å². The van der Waals surface area contributed by atoms with Crippen LogP contribution in [0.25, 0.3) is 11.3 Å². The van der Waals surface area contributed by atoms with Crippen molar-refractivity contribution in [3.05, 3.63) is 54.1 Å². The molecule has 6 heteroatoms. The summed E-state index contributed by atoms with van der Waals surface area (Å²) in [5, 5.41) is 8.43. The molecule has 2 aromatic heterocycles. The summed E-state index contributed by atoms with van der Waals surface area (Å²) in [7, 11) is 0. The minimum Gasteiger partial charge on any atom is -0.424 e. The Bertz CT molecular complexity index is 867. The van der Waals surface area contributed by atoms with Crippen LogP contribution in [0, 0.1) is 0 Å². The number of nitrogens with one attached hydrogen (secondary N) is 1. The van der Waals surface area contributed by atoms with Crippen LogP contribution < -0.4 is 0 Å². The zero-order valence-electron chi connectivity index (χ0n) is 14.8. The third kappa shape index (κ3) is 3.29. The van der Waals surface area contributed by atoms with E-state index in [2.05, 4.69) is 49.3 Å².